The van der Waals surface area contributed by atoms with Crippen LogP contribution in [0, 0.1) is 29.1 Å². The second kappa shape index (κ2) is 13.6. The number of hydrogen-bond acceptors (Lipinski definition) is 4. The van der Waals surface area contributed by atoms with Gasteiger partial charge < -0.3 is 0 Å². The van der Waals surface area contributed by atoms with Gasteiger partial charge in [0.25, 0.3) is 0 Å². The number of rotatable bonds is 6. The van der Waals surface area contributed by atoms with Crippen molar-refractivity contribution in [1.29, 1.82) is 5.26 Å². The third-order valence-electron chi connectivity index (χ3n) is 11.7. The Morgan fingerprint density at radius 1 is 0.509 bits per heavy atom. The lowest BCUT2D eigenvalue weighted by Crippen LogP contribution is -2.42. The highest BCUT2D eigenvalue weighted by atomic mass is 15.0. The van der Waals surface area contributed by atoms with Crippen LogP contribution in [0.25, 0.3) is 67.2 Å². The van der Waals surface area contributed by atoms with Gasteiger partial charge in [-0.3, -0.25) is 0 Å². The lowest BCUT2D eigenvalue weighted by atomic mass is 9.54. The molecule has 258 valence electrons. The number of hydrogen-bond donors (Lipinski definition) is 0. The molecule has 53 heavy (non-hydrogen) atoms. The van der Waals surface area contributed by atoms with E-state index in [2.05, 4.69) is 135 Å². The first-order valence-corrected chi connectivity index (χ1v) is 19.0. The van der Waals surface area contributed by atoms with E-state index in [1.807, 2.05) is 24.3 Å². The Bertz CT molecular complexity index is 2460. The highest BCUT2D eigenvalue weighted by Crippen LogP contribution is 2.54. The van der Waals surface area contributed by atoms with Gasteiger partial charge in [-0.2, -0.15) is 5.26 Å². The maximum atomic E-state index is 9.32. The fourth-order valence-electron chi connectivity index (χ4n) is 9.64. The van der Waals surface area contributed by atoms with Crippen molar-refractivity contribution in [2.75, 3.05) is 0 Å². The Labute approximate surface area is 312 Å². The number of fused-ring (bicyclic) bond motifs is 3. The number of nitrogens with zero attached hydrogens (tertiary/aromatic N) is 4. The molecular formula is C49H42N4. The quantitative estimate of drug-likeness (QED) is 0.175. The molecule has 0 amide bonds. The van der Waals surface area contributed by atoms with Crippen LogP contribution in [-0.2, 0) is 5.41 Å². The molecule has 7 aromatic rings. The first-order valence-electron chi connectivity index (χ1n) is 19.0. The van der Waals surface area contributed by atoms with Crippen LogP contribution < -0.4 is 0 Å². The van der Waals surface area contributed by atoms with Crippen LogP contribution >= 0.6 is 0 Å². The molecule has 6 aromatic carbocycles. The minimum Gasteiger partial charge on any atom is -0.208 e. The maximum Gasteiger partial charge on any atom is 0.164 e. The number of benzene rings is 6. The molecule has 0 N–H and O–H groups in total. The first kappa shape index (κ1) is 33.0. The summed E-state index contributed by atoms with van der Waals surface area (Å²) in [5.41, 5.74) is 9.77. The van der Waals surface area contributed by atoms with Crippen molar-refractivity contribution in [2.24, 2.45) is 17.8 Å². The average molecular weight is 687 g/mol. The first-order chi connectivity index (χ1) is 25.9. The van der Waals surface area contributed by atoms with Crippen LogP contribution in [-0.4, -0.2) is 15.0 Å². The van der Waals surface area contributed by atoms with Crippen LogP contribution in [0.3, 0.4) is 0 Å². The fraction of sp³-hybridized carbons (Fsp3) is 0.224. The van der Waals surface area contributed by atoms with Crippen molar-refractivity contribution in [3.63, 3.8) is 0 Å². The van der Waals surface area contributed by atoms with E-state index in [1.54, 1.807) is 0 Å². The van der Waals surface area contributed by atoms with E-state index in [4.69, 9.17) is 15.0 Å². The summed E-state index contributed by atoms with van der Waals surface area (Å²) in [6, 6.07) is 51.0. The predicted octanol–water partition coefficient (Wildman–Crippen LogP) is 12.3. The van der Waals surface area contributed by atoms with Crippen molar-refractivity contribution in [2.45, 2.75) is 51.4 Å². The summed E-state index contributed by atoms with van der Waals surface area (Å²) in [5, 5.41) is 11.5. The van der Waals surface area contributed by atoms with Gasteiger partial charge in [-0.15, -0.1) is 0 Å². The zero-order valence-corrected chi connectivity index (χ0v) is 30.3. The van der Waals surface area contributed by atoms with Gasteiger partial charge in [0.2, 0.25) is 0 Å². The predicted molar refractivity (Wildman–Crippen MR) is 216 cm³/mol. The van der Waals surface area contributed by atoms with Crippen molar-refractivity contribution in [3.05, 3.63) is 151 Å². The molecule has 9 rings (SSSR count). The molecule has 2 unspecified atom stereocenters. The van der Waals surface area contributed by atoms with E-state index in [0.29, 0.717) is 23.0 Å². The van der Waals surface area contributed by atoms with E-state index in [0.717, 1.165) is 67.5 Å². The van der Waals surface area contributed by atoms with E-state index in [1.165, 1.54) is 37.7 Å². The highest BCUT2D eigenvalue weighted by molar-refractivity contribution is 5.88. The third kappa shape index (κ3) is 6.42. The van der Waals surface area contributed by atoms with Crippen LogP contribution in [0.2, 0.25) is 0 Å². The molecule has 0 radical (unpaired) electrons. The smallest absolute Gasteiger partial charge is 0.164 e. The van der Waals surface area contributed by atoms with E-state index >= 15 is 0 Å². The highest BCUT2D eigenvalue weighted by Gasteiger charge is 2.45. The van der Waals surface area contributed by atoms with Gasteiger partial charge in [0.05, 0.1) is 11.6 Å². The van der Waals surface area contributed by atoms with Crippen molar-refractivity contribution in [3.8, 4) is 62.5 Å². The molecule has 2 aliphatic rings. The Kier molecular flexibility index (Phi) is 8.43. The lowest BCUT2D eigenvalue weighted by Gasteiger charge is -2.50. The summed E-state index contributed by atoms with van der Waals surface area (Å²) in [7, 11) is 0. The van der Waals surface area contributed by atoms with Gasteiger partial charge in [-0.25, -0.2) is 15.0 Å². The van der Waals surface area contributed by atoms with Gasteiger partial charge in [0, 0.05) is 16.7 Å². The topological polar surface area (TPSA) is 62.5 Å². The van der Waals surface area contributed by atoms with Gasteiger partial charge in [-0.1, -0.05) is 135 Å². The molecule has 0 aliphatic heterocycles. The second-order valence-electron chi connectivity index (χ2n) is 15.7. The number of aromatic nitrogens is 3. The van der Waals surface area contributed by atoms with Crippen molar-refractivity contribution < 1.29 is 0 Å². The Hall–Kier alpha value is -5.92. The summed E-state index contributed by atoms with van der Waals surface area (Å²) in [6.07, 6.45) is 6.62. The zero-order valence-electron chi connectivity index (χ0n) is 30.3. The molecular weight excluding hydrogens is 645 g/mol. The Balaban J connectivity index is 1.11. The van der Waals surface area contributed by atoms with E-state index in [9.17, 15) is 5.26 Å². The number of nitriles is 1. The summed E-state index contributed by atoms with van der Waals surface area (Å²) >= 11 is 0. The van der Waals surface area contributed by atoms with Crippen LogP contribution in [0.5, 0.6) is 0 Å². The molecule has 4 nitrogen and oxygen atoms in total. The average Bonchev–Trinajstić information content (AvgIpc) is 3.20. The van der Waals surface area contributed by atoms with Crippen molar-refractivity contribution >= 4 is 10.8 Å². The molecule has 0 saturated heterocycles. The maximum absolute atomic E-state index is 9.32. The van der Waals surface area contributed by atoms with Gasteiger partial charge in [0.1, 0.15) is 0 Å². The van der Waals surface area contributed by atoms with Gasteiger partial charge >= 0.3 is 0 Å². The lowest BCUT2D eigenvalue weighted by molar-refractivity contribution is 0.0780. The second-order valence-corrected chi connectivity index (χ2v) is 15.7. The Morgan fingerprint density at radius 3 is 1.74 bits per heavy atom. The molecule has 4 atom stereocenters. The molecule has 4 heteroatoms. The Morgan fingerprint density at radius 2 is 1.06 bits per heavy atom. The summed E-state index contributed by atoms with van der Waals surface area (Å²) in [5.74, 6) is 4.36. The molecule has 1 heterocycles. The zero-order chi connectivity index (χ0) is 35.9. The molecule has 2 fully saturated rings. The molecule has 1 aromatic heterocycles. The monoisotopic (exact) mass is 686 g/mol. The molecule has 2 aliphatic carbocycles. The fourth-order valence-corrected chi connectivity index (χ4v) is 9.64. The minimum atomic E-state index is 0.273. The van der Waals surface area contributed by atoms with Gasteiger partial charge in [-0.05, 0) is 112 Å². The summed E-state index contributed by atoms with van der Waals surface area (Å²) in [6.45, 7) is 4.90. The summed E-state index contributed by atoms with van der Waals surface area (Å²) in [4.78, 5) is 15.5. The normalized spacial score (nSPS) is 20.9. The standard InChI is InChI=1S/C49H42N4/c1-32-24-35-25-33(2)29-49(28-32,30-35)43-22-20-39(21-23-43)47-51-46(52-48(53-47)45-11-7-6-10-44(45)37-8-4-3-5-9-37)38-16-14-36(15-17-38)41-19-18-40-26-34(31-50)12-13-42(40)27-41/h3-23,26-27,32-33,35H,24-25,28-30H2,1-2H3/t32-,33+,35?,49?. The molecule has 2 bridgehead atoms. The van der Waals surface area contributed by atoms with Crippen LogP contribution in [0.4, 0.5) is 0 Å². The molecule has 2 saturated carbocycles. The van der Waals surface area contributed by atoms with Crippen molar-refractivity contribution in [1.82, 2.24) is 15.0 Å². The van der Waals surface area contributed by atoms with Crippen LogP contribution in [0.1, 0.15) is 57.1 Å². The SMILES string of the molecule is C[C@@H]1CC2C[C@H](C)CC(c3ccc(-c4nc(-c5ccc(-c6ccc7cc(C#N)ccc7c6)cc5)nc(-c5ccccc5-c5ccccc5)n4)cc3)(C2)C1. The largest absolute Gasteiger partial charge is 0.208 e. The third-order valence-corrected chi connectivity index (χ3v) is 11.7. The van der Waals surface area contributed by atoms with E-state index in [-0.39, 0.29) is 5.41 Å². The van der Waals surface area contributed by atoms with E-state index < -0.39 is 0 Å². The molecule has 0 spiro atoms. The van der Waals surface area contributed by atoms with Crippen LogP contribution in [0.15, 0.2) is 140 Å². The summed E-state index contributed by atoms with van der Waals surface area (Å²) < 4.78 is 0. The minimum absolute atomic E-state index is 0.273. The van der Waals surface area contributed by atoms with Gasteiger partial charge in [0.15, 0.2) is 17.5 Å².